The molecule has 0 fully saturated rings. The second kappa shape index (κ2) is 6.33. The minimum atomic E-state index is 0.543. The number of fused-ring (bicyclic) bond motifs is 1. The number of ether oxygens (including phenoxy) is 2. The first-order valence-corrected chi connectivity index (χ1v) is 7.02. The van der Waals surface area contributed by atoms with Crippen molar-refractivity contribution in [3.05, 3.63) is 66.1 Å². The maximum absolute atomic E-state index is 7.08. The predicted molar refractivity (Wildman–Crippen MR) is 86.9 cm³/mol. The molecule has 1 heterocycles. The highest BCUT2D eigenvalue weighted by atomic mass is 16.5. The van der Waals surface area contributed by atoms with Crippen LogP contribution in [0.1, 0.15) is 0 Å². The maximum Gasteiger partial charge on any atom is 0.187 e. The van der Waals surface area contributed by atoms with E-state index in [-0.39, 0.29) is 0 Å². The molecule has 3 aromatic rings. The lowest BCUT2D eigenvalue weighted by molar-refractivity contribution is 0.146. The number of rotatable bonds is 5. The van der Waals surface area contributed by atoms with Crippen LogP contribution in [0.4, 0.5) is 5.69 Å². The van der Waals surface area contributed by atoms with Crippen LogP contribution in [0, 0.1) is 6.57 Å². The van der Waals surface area contributed by atoms with Gasteiger partial charge < -0.3 is 14.0 Å². The van der Waals surface area contributed by atoms with Gasteiger partial charge in [-0.15, -0.1) is 0 Å². The second-order valence-electron chi connectivity index (χ2n) is 4.88. The standard InChI is InChI=1S/C18H16N2O2/c1-19-15-3-8-18-14(13-15)9-10-20(18)16-4-6-17(7-5-16)22-12-11-21-2/h3-10,13H,11-12H2,2H3. The molecular formula is C18H16N2O2. The van der Waals surface area contributed by atoms with Crippen molar-refractivity contribution in [2.24, 2.45) is 0 Å². The molecule has 0 bridgehead atoms. The van der Waals surface area contributed by atoms with Crippen molar-refractivity contribution >= 4 is 16.6 Å². The fourth-order valence-electron chi connectivity index (χ4n) is 2.37. The average molecular weight is 292 g/mol. The molecule has 0 aliphatic rings. The van der Waals surface area contributed by atoms with Gasteiger partial charge in [0.15, 0.2) is 5.69 Å². The Hall–Kier alpha value is -2.77. The first kappa shape index (κ1) is 14.2. The number of nitrogens with zero attached hydrogens (tertiary/aromatic N) is 2. The Labute approximate surface area is 129 Å². The van der Waals surface area contributed by atoms with Gasteiger partial charge in [-0.3, -0.25) is 0 Å². The summed E-state index contributed by atoms with van der Waals surface area (Å²) in [6.07, 6.45) is 2.01. The molecule has 0 spiro atoms. The van der Waals surface area contributed by atoms with Gasteiger partial charge in [0.1, 0.15) is 12.4 Å². The molecule has 0 radical (unpaired) electrons. The average Bonchev–Trinajstić information content (AvgIpc) is 2.98. The summed E-state index contributed by atoms with van der Waals surface area (Å²) in [6.45, 7) is 8.20. The number of hydrogen-bond donors (Lipinski definition) is 0. The molecule has 0 N–H and O–H groups in total. The minimum absolute atomic E-state index is 0.543. The topological polar surface area (TPSA) is 27.8 Å². The third-order valence-electron chi connectivity index (χ3n) is 3.47. The van der Waals surface area contributed by atoms with E-state index >= 15 is 0 Å². The van der Waals surface area contributed by atoms with E-state index in [2.05, 4.69) is 9.41 Å². The molecule has 0 saturated carbocycles. The Balaban J connectivity index is 1.86. The van der Waals surface area contributed by atoms with Crippen LogP contribution >= 0.6 is 0 Å². The van der Waals surface area contributed by atoms with Crippen LogP contribution in [0.2, 0.25) is 0 Å². The molecule has 110 valence electrons. The largest absolute Gasteiger partial charge is 0.491 e. The Morgan fingerprint density at radius 3 is 2.59 bits per heavy atom. The first-order valence-electron chi connectivity index (χ1n) is 7.02. The zero-order valence-corrected chi connectivity index (χ0v) is 12.3. The van der Waals surface area contributed by atoms with Crippen molar-refractivity contribution in [1.82, 2.24) is 4.57 Å². The van der Waals surface area contributed by atoms with Crippen molar-refractivity contribution in [3.8, 4) is 11.4 Å². The van der Waals surface area contributed by atoms with Gasteiger partial charge in [0.05, 0.1) is 18.7 Å². The molecule has 0 aliphatic heterocycles. The predicted octanol–water partition coefficient (Wildman–Crippen LogP) is 4.21. The highest BCUT2D eigenvalue weighted by Gasteiger charge is 2.04. The van der Waals surface area contributed by atoms with Crippen molar-refractivity contribution in [2.75, 3.05) is 20.3 Å². The molecule has 2 aromatic carbocycles. The Morgan fingerprint density at radius 1 is 1.05 bits per heavy atom. The number of aromatic nitrogens is 1. The highest BCUT2D eigenvalue weighted by Crippen LogP contribution is 2.25. The maximum atomic E-state index is 7.08. The molecule has 4 nitrogen and oxygen atoms in total. The van der Waals surface area contributed by atoms with E-state index in [4.69, 9.17) is 16.0 Å². The van der Waals surface area contributed by atoms with Crippen LogP contribution in [0.25, 0.3) is 21.4 Å². The smallest absolute Gasteiger partial charge is 0.187 e. The Morgan fingerprint density at radius 2 is 1.86 bits per heavy atom. The minimum Gasteiger partial charge on any atom is -0.491 e. The van der Waals surface area contributed by atoms with E-state index in [1.807, 2.05) is 54.7 Å². The van der Waals surface area contributed by atoms with E-state index < -0.39 is 0 Å². The van der Waals surface area contributed by atoms with Gasteiger partial charge in [-0.25, -0.2) is 4.85 Å². The van der Waals surface area contributed by atoms with Crippen LogP contribution < -0.4 is 4.74 Å². The lowest BCUT2D eigenvalue weighted by Gasteiger charge is -2.08. The molecule has 3 rings (SSSR count). The van der Waals surface area contributed by atoms with Crippen LogP contribution in [-0.4, -0.2) is 24.9 Å². The molecule has 1 aromatic heterocycles. The molecule has 22 heavy (non-hydrogen) atoms. The summed E-state index contributed by atoms with van der Waals surface area (Å²) in [5.74, 6) is 0.826. The third-order valence-corrected chi connectivity index (χ3v) is 3.47. The van der Waals surface area contributed by atoms with E-state index in [0.717, 1.165) is 22.3 Å². The Bertz CT molecular complexity index is 813. The summed E-state index contributed by atoms with van der Waals surface area (Å²) in [5, 5.41) is 1.06. The lowest BCUT2D eigenvalue weighted by Crippen LogP contribution is -2.04. The summed E-state index contributed by atoms with van der Waals surface area (Å²) in [6, 6.07) is 15.7. The zero-order valence-electron chi connectivity index (χ0n) is 12.3. The van der Waals surface area contributed by atoms with Crippen LogP contribution in [0.15, 0.2) is 54.7 Å². The number of methoxy groups -OCH3 is 1. The van der Waals surface area contributed by atoms with Crippen LogP contribution in [0.3, 0.4) is 0 Å². The number of benzene rings is 2. The molecule has 0 atom stereocenters. The van der Waals surface area contributed by atoms with E-state index in [9.17, 15) is 0 Å². The summed E-state index contributed by atoms with van der Waals surface area (Å²) in [5.41, 5.74) is 2.80. The normalized spacial score (nSPS) is 10.5. The van der Waals surface area contributed by atoms with Gasteiger partial charge in [0.2, 0.25) is 0 Å². The summed E-state index contributed by atoms with van der Waals surface area (Å²) in [7, 11) is 1.66. The van der Waals surface area contributed by atoms with Gasteiger partial charge in [-0.2, -0.15) is 0 Å². The van der Waals surface area contributed by atoms with Crippen molar-refractivity contribution in [2.45, 2.75) is 0 Å². The molecular weight excluding hydrogens is 276 g/mol. The third kappa shape index (κ3) is 2.80. The van der Waals surface area contributed by atoms with Crippen molar-refractivity contribution < 1.29 is 9.47 Å². The number of hydrogen-bond acceptors (Lipinski definition) is 2. The highest BCUT2D eigenvalue weighted by molar-refractivity contribution is 5.85. The molecule has 0 aliphatic carbocycles. The van der Waals surface area contributed by atoms with E-state index in [0.29, 0.717) is 18.9 Å². The van der Waals surface area contributed by atoms with Gasteiger partial charge in [0.25, 0.3) is 0 Å². The van der Waals surface area contributed by atoms with Crippen molar-refractivity contribution in [3.63, 3.8) is 0 Å². The Kier molecular flexibility index (Phi) is 4.08. The van der Waals surface area contributed by atoms with Gasteiger partial charge in [-0.1, -0.05) is 6.07 Å². The monoisotopic (exact) mass is 292 g/mol. The molecule has 0 amide bonds. The van der Waals surface area contributed by atoms with Gasteiger partial charge in [0, 0.05) is 19.0 Å². The van der Waals surface area contributed by atoms with Crippen LogP contribution in [-0.2, 0) is 4.74 Å². The SMILES string of the molecule is [C-]#[N+]c1ccc2c(ccn2-c2ccc(OCCOC)cc2)c1. The molecule has 4 heteroatoms. The molecule has 0 unspecified atom stereocenters. The zero-order chi connectivity index (χ0) is 15.4. The molecule has 0 saturated heterocycles. The fourth-order valence-corrected chi connectivity index (χ4v) is 2.37. The first-order chi connectivity index (χ1) is 10.8. The van der Waals surface area contributed by atoms with Gasteiger partial charge >= 0.3 is 0 Å². The summed E-state index contributed by atoms with van der Waals surface area (Å²) < 4.78 is 12.6. The fraction of sp³-hybridized carbons (Fsp3) is 0.167. The van der Waals surface area contributed by atoms with Crippen molar-refractivity contribution in [1.29, 1.82) is 0 Å². The van der Waals surface area contributed by atoms with E-state index in [1.165, 1.54) is 0 Å². The lowest BCUT2D eigenvalue weighted by atomic mass is 10.2. The van der Waals surface area contributed by atoms with Gasteiger partial charge in [-0.05, 0) is 47.9 Å². The summed E-state index contributed by atoms with van der Waals surface area (Å²) >= 11 is 0. The summed E-state index contributed by atoms with van der Waals surface area (Å²) in [4.78, 5) is 3.46. The second-order valence-corrected chi connectivity index (χ2v) is 4.88. The van der Waals surface area contributed by atoms with E-state index in [1.54, 1.807) is 7.11 Å². The quantitative estimate of drug-likeness (QED) is 0.520. The van der Waals surface area contributed by atoms with Crippen LogP contribution in [0.5, 0.6) is 5.75 Å².